The van der Waals surface area contributed by atoms with E-state index >= 15 is 0 Å². The molecule has 0 saturated carbocycles. The van der Waals surface area contributed by atoms with Gasteiger partial charge in [-0.05, 0) is 13.3 Å². The maximum Gasteiger partial charge on any atom is 0.267 e. The van der Waals surface area contributed by atoms with Gasteiger partial charge in [-0.1, -0.05) is 13.5 Å². The van der Waals surface area contributed by atoms with E-state index in [2.05, 4.69) is 11.6 Å². The Bertz CT molecular complexity index is 316. The molecule has 0 fully saturated rings. The van der Waals surface area contributed by atoms with E-state index in [4.69, 9.17) is 0 Å². The van der Waals surface area contributed by atoms with E-state index in [0.29, 0.717) is 12.1 Å². The highest BCUT2D eigenvalue weighted by molar-refractivity contribution is 5.99. The van der Waals surface area contributed by atoms with Gasteiger partial charge < -0.3 is 0 Å². The van der Waals surface area contributed by atoms with Gasteiger partial charge in [-0.15, -0.1) is 0 Å². The largest absolute Gasteiger partial charge is 0.268 e. The van der Waals surface area contributed by atoms with Crippen LogP contribution in [0.1, 0.15) is 20.3 Å². The third-order valence-corrected chi connectivity index (χ3v) is 1.80. The van der Waals surface area contributed by atoms with E-state index in [9.17, 15) is 4.79 Å². The van der Waals surface area contributed by atoms with Gasteiger partial charge in [0.15, 0.2) is 0 Å². The lowest BCUT2D eigenvalue weighted by molar-refractivity contribution is -0.116. The number of imidazole rings is 1. The number of carbonyl (C=O) groups excluding carboxylic acids is 1. The Labute approximate surface area is 83.8 Å². The molecule has 1 aromatic heterocycles. The van der Waals surface area contributed by atoms with Gasteiger partial charge in [0.1, 0.15) is 6.33 Å². The zero-order chi connectivity index (χ0) is 10.6. The molecule has 1 heterocycles. The first kappa shape index (κ1) is 10.5. The molecule has 0 N–H and O–H groups in total. The molecule has 4 nitrogen and oxygen atoms in total. The highest BCUT2D eigenvalue weighted by atomic mass is 16.2. The molecule has 0 spiro atoms. The molecular formula is C10H15N3O. The first-order chi connectivity index (χ1) is 6.66. The third kappa shape index (κ3) is 2.22. The van der Waals surface area contributed by atoms with E-state index in [1.165, 1.54) is 0 Å². The molecule has 0 aliphatic carbocycles. The van der Waals surface area contributed by atoms with Crippen LogP contribution in [0.15, 0.2) is 30.9 Å². The van der Waals surface area contributed by atoms with Gasteiger partial charge in [0, 0.05) is 24.5 Å². The average molecular weight is 193 g/mol. The summed E-state index contributed by atoms with van der Waals surface area (Å²) >= 11 is 0. The second-order valence-corrected chi connectivity index (χ2v) is 3.15. The third-order valence-electron chi connectivity index (χ3n) is 1.80. The summed E-state index contributed by atoms with van der Waals surface area (Å²) in [5.74, 6) is -0.0650. The molecular weight excluding hydrogens is 178 g/mol. The van der Waals surface area contributed by atoms with Crippen LogP contribution in [0.3, 0.4) is 0 Å². The number of amides is 1. The minimum absolute atomic E-state index is 0.0650. The smallest absolute Gasteiger partial charge is 0.267 e. The zero-order valence-corrected chi connectivity index (χ0v) is 8.60. The lowest BCUT2D eigenvalue weighted by atomic mass is 10.3. The lowest BCUT2D eigenvalue weighted by Gasteiger charge is -2.22. The minimum Gasteiger partial charge on any atom is -0.268 e. The van der Waals surface area contributed by atoms with Gasteiger partial charge in [0.2, 0.25) is 0 Å². The second kappa shape index (κ2) is 4.60. The van der Waals surface area contributed by atoms with Crippen molar-refractivity contribution >= 4 is 5.91 Å². The summed E-state index contributed by atoms with van der Waals surface area (Å²) in [5, 5.41) is 1.62. The Hall–Kier alpha value is -1.58. The average Bonchev–Trinajstić information content (AvgIpc) is 2.65. The molecule has 1 amide bonds. The molecule has 14 heavy (non-hydrogen) atoms. The molecule has 1 rings (SSSR count). The van der Waals surface area contributed by atoms with Gasteiger partial charge >= 0.3 is 0 Å². The number of rotatable bonds is 4. The number of carbonyl (C=O) groups is 1. The molecule has 0 aromatic carbocycles. The van der Waals surface area contributed by atoms with Crippen molar-refractivity contribution in [1.82, 2.24) is 9.66 Å². The molecule has 1 aromatic rings. The summed E-state index contributed by atoms with van der Waals surface area (Å²) in [7, 11) is 0. The molecule has 0 unspecified atom stereocenters. The van der Waals surface area contributed by atoms with Crippen molar-refractivity contribution in [2.24, 2.45) is 0 Å². The SMILES string of the molecule is C=C(C)C(=O)N(CCC)n1ccnc1. The fraction of sp³-hybridized carbons (Fsp3) is 0.400. The number of nitrogens with zero attached hydrogens (tertiary/aromatic N) is 3. The first-order valence-corrected chi connectivity index (χ1v) is 4.62. The van der Waals surface area contributed by atoms with Crippen LogP contribution in [-0.2, 0) is 4.79 Å². The Morgan fingerprint density at radius 3 is 2.79 bits per heavy atom. The van der Waals surface area contributed by atoms with Gasteiger partial charge in [-0.2, -0.15) is 0 Å². The summed E-state index contributed by atoms with van der Waals surface area (Å²) in [6.45, 7) is 8.05. The molecule has 0 saturated heterocycles. The van der Waals surface area contributed by atoms with E-state index in [1.54, 1.807) is 35.3 Å². The Morgan fingerprint density at radius 2 is 2.36 bits per heavy atom. The van der Waals surface area contributed by atoms with Crippen molar-refractivity contribution in [2.45, 2.75) is 20.3 Å². The normalized spacial score (nSPS) is 9.86. The quantitative estimate of drug-likeness (QED) is 0.677. The molecule has 0 aliphatic heterocycles. The Morgan fingerprint density at radius 1 is 1.64 bits per heavy atom. The fourth-order valence-corrected chi connectivity index (χ4v) is 1.15. The molecule has 0 bridgehead atoms. The highest BCUT2D eigenvalue weighted by Crippen LogP contribution is 2.00. The molecule has 0 atom stereocenters. The minimum atomic E-state index is -0.0650. The van der Waals surface area contributed by atoms with Crippen molar-refractivity contribution < 1.29 is 4.79 Å². The molecule has 4 heteroatoms. The summed E-state index contributed by atoms with van der Waals surface area (Å²) in [6.07, 6.45) is 5.90. The number of hydrogen-bond donors (Lipinski definition) is 0. The maximum absolute atomic E-state index is 11.7. The van der Waals surface area contributed by atoms with Crippen molar-refractivity contribution in [3.8, 4) is 0 Å². The van der Waals surface area contributed by atoms with Crippen LogP contribution in [0.2, 0.25) is 0 Å². The monoisotopic (exact) mass is 193 g/mol. The second-order valence-electron chi connectivity index (χ2n) is 3.15. The predicted octanol–water partition coefficient (Wildman–Crippen LogP) is 1.33. The van der Waals surface area contributed by atoms with Crippen molar-refractivity contribution in [2.75, 3.05) is 11.6 Å². The van der Waals surface area contributed by atoms with Crippen molar-refractivity contribution in [3.05, 3.63) is 30.9 Å². The predicted molar refractivity (Wildman–Crippen MR) is 55.4 cm³/mol. The van der Waals surface area contributed by atoms with Crippen LogP contribution in [-0.4, -0.2) is 22.1 Å². The maximum atomic E-state index is 11.7. The Kier molecular flexibility index (Phi) is 3.45. The van der Waals surface area contributed by atoms with Gasteiger partial charge in [-0.25, -0.2) is 14.7 Å². The molecule has 0 aliphatic rings. The van der Waals surface area contributed by atoms with E-state index in [0.717, 1.165) is 6.42 Å². The van der Waals surface area contributed by atoms with Crippen LogP contribution in [0.4, 0.5) is 0 Å². The van der Waals surface area contributed by atoms with Crippen LogP contribution in [0.5, 0.6) is 0 Å². The summed E-state index contributed by atoms with van der Waals surface area (Å²) in [5.41, 5.74) is 0.534. The van der Waals surface area contributed by atoms with Gasteiger partial charge in [0.05, 0.1) is 0 Å². The van der Waals surface area contributed by atoms with Crippen LogP contribution >= 0.6 is 0 Å². The van der Waals surface area contributed by atoms with Crippen LogP contribution in [0, 0.1) is 0 Å². The van der Waals surface area contributed by atoms with Gasteiger partial charge in [0.25, 0.3) is 5.91 Å². The summed E-state index contributed by atoms with van der Waals surface area (Å²) in [4.78, 5) is 15.6. The Balaban J connectivity index is 2.85. The fourth-order valence-electron chi connectivity index (χ4n) is 1.15. The van der Waals surface area contributed by atoms with Crippen molar-refractivity contribution in [3.63, 3.8) is 0 Å². The standard InChI is InChI=1S/C10H15N3O/c1-4-6-13(10(14)9(2)3)12-7-5-11-8-12/h5,7-8H,2,4,6H2,1,3H3. The number of hydrogen-bond acceptors (Lipinski definition) is 2. The summed E-state index contributed by atoms with van der Waals surface area (Å²) in [6, 6.07) is 0. The van der Waals surface area contributed by atoms with E-state index in [-0.39, 0.29) is 5.91 Å². The summed E-state index contributed by atoms with van der Waals surface area (Å²) < 4.78 is 1.68. The molecule has 0 radical (unpaired) electrons. The van der Waals surface area contributed by atoms with Crippen LogP contribution in [0.25, 0.3) is 0 Å². The van der Waals surface area contributed by atoms with Crippen LogP contribution < -0.4 is 5.01 Å². The topological polar surface area (TPSA) is 38.1 Å². The first-order valence-electron chi connectivity index (χ1n) is 4.62. The van der Waals surface area contributed by atoms with Gasteiger partial charge in [-0.3, -0.25) is 4.79 Å². The highest BCUT2D eigenvalue weighted by Gasteiger charge is 2.13. The number of aromatic nitrogens is 2. The van der Waals surface area contributed by atoms with E-state index in [1.807, 2.05) is 6.92 Å². The zero-order valence-electron chi connectivity index (χ0n) is 8.60. The molecule has 76 valence electrons. The van der Waals surface area contributed by atoms with E-state index < -0.39 is 0 Å². The lowest BCUT2D eigenvalue weighted by Crippen LogP contribution is -2.40. The van der Waals surface area contributed by atoms with Crippen molar-refractivity contribution in [1.29, 1.82) is 0 Å².